The number of carbonyl (C=O) groups excluding carboxylic acids is 1. The van der Waals surface area contributed by atoms with Crippen LogP contribution in [0.4, 0.5) is 0 Å². The Balaban J connectivity index is 1.40. The van der Waals surface area contributed by atoms with E-state index in [2.05, 4.69) is 29.6 Å². The maximum absolute atomic E-state index is 14.0. The van der Waals surface area contributed by atoms with Crippen LogP contribution in [-0.4, -0.2) is 42.2 Å². The van der Waals surface area contributed by atoms with Gasteiger partial charge in [-0.15, -0.1) is 6.58 Å². The summed E-state index contributed by atoms with van der Waals surface area (Å²) in [5.74, 6) is 0.715. The molecule has 4 aromatic carbocycles. The number of hydrogen-bond donors (Lipinski definition) is 3. The number of amides is 1. The van der Waals surface area contributed by atoms with Crippen molar-refractivity contribution in [3.63, 3.8) is 0 Å². The maximum Gasteiger partial charge on any atom is 0.266 e. The van der Waals surface area contributed by atoms with Crippen LogP contribution in [-0.2, 0) is 16.0 Å². The molecule has 5 rings (SSSR count). The van der Waals surface area contributed by atoms with Crippen molar-refractivity contribution >= 4 is 23.4 Å². The molecule has 8 heteroatoms. The third kappa shape index (κ3) is 7.37. The lowest BCUT2D eigenvalue weighted by molar-refractivity contribution is -0.129. The number of aliphatic hydroxyl groups excluding tert-OH is 1. The molecule has 0 aromatic heterocycles. The van der Waals surface area contributed by atoms with Crippen LogP contribution in [0.1, 0.15) is 35.6 Å². The largest absolute Gasteiger partial charge is 0.494 e. The molecule has 0 saturated carbocycles. The fourth-order valence-corrected chi connectivity index (χ4v) is 5.38. The fraction of sp³-hybridized carbons (Fsp3) is 0.222. The molecule has 0 spiro atoms. The number of ether oxygens (including phenoxy) is 2. The first-order chi connectivity index (χ1) is 21.5. The molecule has 226 valence electrons. The fourth-order valence-electron chi connectivity index (χ4n) is 5.17. The first-order valence-electron chi connectivity index (χ1n) is 14.7. The number of rotatable bonds is 14. The molecule has 0 bridgehead atoms. The zero-order valence-electron chi connectivity index (χ0n) is 24.4. The van der Waals surface area contributed by atoms with E-state index in [-0.39, 0.29) is 18.9 Å². The van der Waals surface area contributed by atoms with E-state index in [0.29, 0.717) is 42.7 Å². The predicted molar refractivity (Wildman–Crippen MR) is 175 cm³/mol. The van der Waals surface area contributed by atoms with E-state index in [1.165, 1.54) is 0 Å². The minimum atomic E-state index is -1.30. The number of benzene rings is 4. The molecule has 0 fully saturated rings. The average Bonchev–Trinajstić information content (AvgIpc) is 3.45. The highest BCUT2D eigenvalue weighted by Crippen LogP contribution is 2.43. The molecule has 3 N–H and O–H groups in total. The quantitative estimate of drug-likeness (QED) is 0.0866. The number of halogens is 1. The van der Waals surface area contributed by atoms with Crippen LogP contribution in [0.15, 0.2) is 121 Å². The van der Waals surface area contributed by atoms with E-state index >= 15 is 0 Å². The highest BCUT2D eigenvalue weighted by Gasteiger charge is 2.52. The van der Waals surface area contributed by atoms with Crippen molar-refractivity contribution in [3.05, 3.63) is 137 Å². The van der Waals surface area contributed by atoms with Gasteiger partial charge in [0.05, 0.1) is 6.61 Å². The first-order valence-corrected chi connectivity index (χ1v) is 15.0. The van der Waals surface area contributed by atoms with Gasteiger partial charge in [-0.1, -0.05) is 84.4 Å². The van der Waals surface area contributed by atoms with Gasteiger partial charge in [0, 0.05) is 36.6 Å². The summed E-state index contributed by atoms with van der Waals surface area (Å²) >= 11 is 6.12. The molecule has 7 nitrogen and oxygen atoms in total. The molecule has 4 aromatic rings. The molecule has 1 heterocycles. The van der Waals surface area contributed by atoms with Crippen LogP contribution in [0.3, 0.4) is 0 Å². The summed E-state index contributed by atoms with van der Waals surface area (Å²) in [5, 5.41) is 9.70. The van der Waals surface area contributed by atoms with Gasteiger partial charge in [0.1, 0.15) is 5.75 Å². The Bertz CT molecular complexity index is 1580. The van der Waals surface area contributed by atoms with E-state index in [1.807, 2.05) is 91.0 Å². The summed E-state index contributed by atoms with van der Waals surface area (Å²) < 4.78 is 12.2. The summed E-state index contributed by atoms with van der Waals surface area (Å²) in [5.41, 5.74) is 9.42. The molecule has 1 aliphatic heterocycles. The van der Waals surface area contributed by atoms with Crippen LogP contribution in [0.25, 0.3) is 11.1 Å². The number of carbonyl (C=O) groups is 1. The summed E-state index contributed by atoms with van der Waals surface area (Å²) in [6.07, 6.45) is 2.48. The molecule has 1 amide bonds. The van der Waals surface area contributed by atoms with Crippen molar-refractivity contribution < 1.29 is 19.4 Å². The number of nitrogens with zero attached hydrogens (tertiary/aromatic N) is 1. The third-order valence-corrected chi connectivity index (χ3v) is 7.67. The van der Waals surface area contributed by atoms with Gasteiger partial charge in [-0.25, -0.2) is 10.4 Å². The number of hydrazine groups is 1. The summed E-state index contributed by atoms with van der Waals surface area (Å²) in [6, 6.07) is 33.2. The van der Waals surface area contributed by atoms with Crippen LogP contribution >= 0.6 is 11.6 Å². The van der Waals surface area contributed by atoms with E-state index in [9.17, 15) is 4.79 Å². The Morgan fingerprint density at radius 3 is 2.41 bits per heavy atom. The Labute approximate surface area is 263 Å². The van der Waals surface area contributed by atoms with Crippen molar-refractivity contribution in [2.75, 3.05) is 19.8 Å². The van der Waals surface area contributed by atoms with Crippen molar-refractivity contribution in [2.45, 2.75) is 30.9 Å². The van der Waals surface area contributed by atoms with Gasteiger partial charge in [-0.05, 0) is 65.1 Å². The lowest BCUT2D eigenvalue weighted by atomic mass is 9.84. The number of aliphatic imine (C=N–C) groups is 1. The standard InChI is InChI=1S/C36H36ClN3O4/c1-2-21-36(35(42)40-38-22-20-26-8-6-11-31(37)25-26)33(29-14-12-28(13-15-29)27-9-4-3-5-10-27)44-34(39-36)30-16-18-32(19-17-30)43-24-7-23-41/h2-6,8-19,25,33,38,41H,1,7,20-24H2,(H,40,42)/t33-,36-/m0/s1. The minimum Gasteiger partial charge on any atom is -0.494 e. The number of nitrogens with one attached hydrogen (secondary N) is 2. The van der Waals surface area contributed by atoms with E-state index in [0.717, 1.165) is 27.8 Å². The summed E-state index contributed by atoms with van der Waals surface area (Å²) in [4.78, 5) is 19.0. The molecule has 0 aliphatic carbocycles. The SMILES string of the molecule is C=CC[C@]1(C(=O)NNCCc2cccc(Cl)c2)N=C(c2ccc(OCCCO)cc2)O[C@H]1c1ccc(-c2ccccc2)cc1. The highest BCUT2D eigenvalue weighted by molar-refractivity contribution is 6.30. The molecule has 0 unspecified atom stereocenters. The zero-order valence-corrected chi connectivity index (χ0v) is 25.2. The van der Waals surface area contributed by atoms with Gasteiger partial charge in [0.25, 0.3) is 5.91 Å². The Kier molecular flexibility index (Phi) is 10.5. The Hall–Kier alpha value is -4.43. The van der Waals surface area contributed by atoms with Crippen LogP contribution in [0, 0.1) is 0 Å². The van der Waals surface area contributed by atoms with Crippen LogP contribution < -0.4 is 15.6 Å². The third-order valence-electron chi connectivity index (χ3n) is 7.44. The van der Waals surface area contributed by atoms with E-state index < -0.39 is 11.6 Å². The second kappa shape index (κ2) is 14.8. The maximum atomic E-state index is 14.0. The molecule has 0 saturated heterocycles. The van der Waals surface area contributed by atoms with Gasteiger partial charge in [0.15, 0.2) is 11.6 Å². The lowest BCUT2D eigenvalue weighted by Gasteiger charge is -2.29. The Morgan fingerprint density at radius 2 is 1.70 bits per heavy atom. The van der Waals surface area contributed by atoms with Crippen molar-refractivity contribution in [3.8, 4) is 16.9 Å². The van der Waals surface area contributed by atoms with Crippen molar-refractivity contribution in [2.24, 2.45) is 4.99 Å². The molecular weight excluding hydrogens is 574 g/mol. The number of aliphatic hydroxyl groups is 1. The molecule has 0 radical (unpaired) electrons. The van der Waals surface area contributed by atoms with Gasteiger partial charge in [-0.3, -0.25) is 10.2 Å². The highest BCUT2D eigenvalue weighted by atomic mass is 35.5. The number of hydrogen-bond acceptors (Lipinski definition) is 6. The average molecular weight is 610 g/mol. The van der Waals surface area contributed by atoms with Crippen LogP contribution in [0.5, 0.6) is 5.75 Å². The first kappa shape index (κ1) is 31.0. The van der Waals surface area contributed by atoms with Gasteiger partial charge in [0.2, 0.25) is 5.90 Å². The lowest BCUT2D eigenvalue weighted by Crippen LogP contribution is -2.52. The second-order valence-electron chi connectivity index (χ2n) is 10.5. The Morgan fingerprint density at radius 1 is 0.977 bits per heavy atom. The smallest absolute Gasteiger partial charge is 0.266 e. The second-order valence-corrected chi connectivity index (χ2v) is 11.0. The van der Waals surface area contributed by atoms with Gasteiger partial charge >= 0.3 is 0 Å². The molecule has 44 heavy (non-hydrogen) atoms. The van der Waals surface area contributed by atoms with Gasteiger partial charge < -0.3 is 14.6 Å². The molecule has 1 aliphatic rings. The van der Waals surface area contributed by atoms with Crippen molar-refractivity contribution in [1.29, 1.82) is 0 Å². The summed E-state index contributed by atoms with van der Waals surface area (Å²) in [6.45, 7) is 4.94. The molecule has 2 atom stereocenters. The monoisotopic (exact) mass is 609 g/mol. The van der Waals surface area contributed by atoms with Crippen LogP contribution in [0.2, 0.25) is 5.02 Å². The van der Waals surface area contributed by atoms with E-state index in [4.69, 9.17) is 31.2 Å². The zero-order chi connectivity index (χ0) is 30.8. The summed E-state index contributed by atoms with van der Waals surface area (Å²) in [7, 11) is 0. The minimum absolute atomic E-state index is 0.0688. The predicted octanol–water partition coefficient (Wildman–Crippen LogP) is 6.46. The van der Waals surface area contributed by atoms with Crippen molar-refractivity contribution in [1.82, 2.24) is 10.9 Å². The topological polar surface area (TPSA) is 92.2 Å². The van der Waals surface area contributed by atoms with E-state index in [1.54, 1.807) is 6.08 Å². The normalized spacial score (nSPS) is 17.4. The molecular formula is C36H36ClN3O4. The van der Waals surface area contributed by atoms with Gasteiger partial charge in [-0.2, -0.15) is 0 Å².